The van der Waals surface area contributed by atoms with Crippen LogP contribution in [0.4, 0.5) is 14.5 Å². The van der Waals surface area contributed by atoms with E-state index in [-0.39, 0.29) is 17.8 Å². The Balaban J connectivity index is 1.88. The molecule has 8 heteroatoms. The number of hydrogen-bond acceptors (Lipinski definition) is 4. The van der Waals surface area contributed by atoms with E-state index in [1.54, 1.807) is 0 Å². The molecule has 0 bridgehead atoms. The van der Waals surface area contributed by atoms with Gasteiger partial charge in [-0.3, -0.25) is 4.90 Å². The average Bonchev–Trinajstić information content (AvgIpc) is 2.98. The third-order valence-electron chi connectivity index (χ3n) is 4.22. The van der Waals surface area contributed by atoms with E-state index in [2.05, 4.69) is 9.62 Å². The monoisotopic (exact) mass is 317 g/mol. The number of nitrogens with one attached hydrogen (secondary N) is 1. The number of nitrogen functional groups attached to an aromatic ring is 1. The zero-order valence-corrected chi connectivity index (χ0v) is 12.2. The summed E-state index contributed by atoms with van der Waals surface area (Å²) >= 11 is 0. The molecule has 0 saturated carbocycles. The van der Waals surface area contributed by atoms with Gasteiger partial charge in [-0.05, 0) is 37.9 Å². The number of nitrogens with two attached hydrogens (primary N) is 1. The Morgan fingerprint density at radius 1 is 1.24 bits per heavy atom. The van der Waals surface area contributed by atoms with E-state index in [1.165, 1.54) is 0 Å². The van der Waals surface area contributed by atoms with Crippen LogP contribution >= 0.6 is 0 Å². The van der Waals surface area contributed by atoms with Gasteiger partial charge in [0.25, 0.3) is 0 Å². The molecular weight excluding hydrogens is 300 g/mol. The van der Waals surface area contributed by atoms with Crippen LogP contribution in [0.25, 0.3) is 0 Å². The fourth-order valence-electron chi connectivity index (χ4n) is 3.26. The van der Waals surface area contributed by atoms with Crippen LogP contribution in [0, 0.1) is 11.6 Å². The first-order chi connectivity index (χ1) is 9.88. The second-order valence-corrected chi connectivity index (χ2v) is 7.26. The van der Waals surface area contributed by atoms with Crippen molar-refractivity contribution in [2.45, 2.75) is 36.2 Å². The summed E-state index contributed by atoms with van der Waals surface area (Å²) in [6.45, 7) is 1.79. The van der Waals surface area contributed by atoms with Crippen LogP contribution in [0.1, 0.15) is 19.3 Å². The number of sulfonamides is 1. The molecule has 116 valence electrons. The second kappa shape index (κ2) is 5.19. The van der Waals surface area contributed by atoms with Crippen molar-refractivity contribution in [2.24, 2.45) is 0 Å². The maximum atomic E-state index is 13.8. The summed E-state index contributed by atoms with van der Waals surface area (Å²) in [5, 5.41) is 0. The highest BCUT2D eigenvalue weighted by atomic mass is 32.2. The molecule has 0 radical (unpaired) electrons. The van der Waals surface area contributed by atoms with Gasteiger partial charge in [-0.15, -0.1) is 0 Å². The quantitative estimate of drug-likeness (QED) is 0.818. The van der Waals surface area contributed by atoms with Crippen molar-refractivity contribution in [3.63, 3.8) is 0 Å². The molecule has 0 aliphatic carbocycles. The maximum Gasteiger partial charge on any atom is 0.243 e. The zero-order valence-electron chi connectivity index (χ0n) is 11.4. The molecule has 2 saturated heterocycles. The van der Waals surface area contributed by atoms with E-state index in [4.69, 9.17) is 5.73 Å². The van der Waals surface area contributed by atoms with Crippen LogP contribution in [-0.4, -0.2) is 38.5 Å². The van der Waals surface area contributed by atoms with Gasteiger partial charge in [-0.1, -0.05) is 0 Å². The fraction of sp³-hybridized carbons (Fsp3) is 0.538. The molecule has 2 unspecified atom stereocenters. The lowest BCUT2D eigenvalue weighted by atomic mass is 10.1. The molecule has 0 amide bonds. The Morgan fingerprint density at radius 2 is 2.00 bits per heavy atom. The molecular formula is C13H17F2N3O2S. The van der Waals surface area contributed by atoms with Crippen molar-refractivity contribution in [2.75, 3.05) is 18.8 Å². The molecule has 1 aromatic carbocycles. The Labute approximate surface area is 122 Å². The van der Waals surface area contributed by atoms with Gasteiger partial charge in [0.15, 0.2) is 11.6 Å². The van der Waals surface area contributed by atoms with Crippen molar-refractivity contribution in [3.05, 3.63) is 23.8 Å². The Kier molecular flexibility index (Phi) is 3.62. The molecule has 2 aliphatic heterocycles. The highest BCUT2D eigenvalue weighted by Gasteiger charge is 2.39. The number of nitrogens with zero attached hydrogens (tertiary/aromatic N) is 1. The van der Waals surface area contributed by atoms with Crippen molar-refractivity contribution < 1.29 is 17.2 Å². The number of anilines is 1. The maximum absolute atomic E-state index is 13.8. The summed E-state index contributed by atoms with van der Waals surface area (Å²) in [4.78, 5) is 1.50. The SMILES string of the molecule is Nc1cc(F)c(F)c(S(=O)(=O)NC2CCN3CCCC23)c1. The van der Waals surface area contributed by atoms with E-state index < -0.39 is 26.6 Å². The molecule has 2 atom stereocenters. The van der Waals surface area contributed by atoms with E-state index in [1.807, 2.05) is 0 Å². The van der Waals surface area contributed by atoms with Gasteiger partial charge >= 0.3 is 0 Å². The number of benzene rings is 1. The molecule has 0 spiro atoms. The number of rotatable bonds is 3. The minimum atomic E-state index is -4.13. The Morgan fingerprint density at radius 3 is 2.76 bits per heavy atom. The summed E-state index contributed by atoms with van der Waals surface area (Å²) < 4.78 is 54.2. The summed E-state index contributed by atoms with van der Waals surface area (Å²) in [6, 6.07) is 1.60. The number of hydrogen-bond donors (Lipinski definition) is 2. The minimum absolute atomic E-state index is 0.122. The van der Waals surface area contributed by atoms with Gasteiger partial charge in [-0.25, -0.2) is 21.9 Å². The van der Waals surface area contributed by atoms with Gasteiger partial charge in [0.2, 0.25) is 10.0 Å². The Hall–Kier alpha value is -1.25. The molecule has 1 aromatic rings. The van der Waals surface area contributed by atoms with Crippen LogP contribution in [0.15, 0.2) is 17.0 Å². The van der Waals surface area contributed by atoms with E-state index >= 15 is 0 Å². The lowest BCUT2D eigenvalue weighted by Crippen LogP contribution is -2.42. The first-order valence-corrected chi connectivity index (χ1v) is 8.38. The summed E-state index contributed by atoms with van der Waals surface area (Å²) in [7, 11) is -4.13. The average molecular weight is 317 g/mol. The lowest BCUT2D eigenvalue weighted by Gasteiger charge is -2.21. The van der Waals surface area contributed by atoms with Crippen LogP contribution in [-0.2, 0) is 10.0 Å². The van der Waals surface area contributed by atoms with Crippen LogP contribution in [0.2, 0.25) is 0 Å². The predicted octanol–water partition coefficient (Wildman–Crippen LogP) is 1.06. The fourth-order valence-corrected chi connectivity index (χ4v) is 4.69. The number of halogens is 2. The third-order valence-corrected chi connectivity index (χ3v) is 5.71. The van der Waals surface area contributed by atoms with E-state index in [9.17, 15) is 17.2 Å². The van der Waals surface area contributed by atoms with Gasteiger partial charge < -0.3 is 5.73 Å². The van der Waals surface area contributed by atoms with Crippen LogP contribution in [0.5, 0.6) is 0 Å². The van der Waals surface area contributed by atoms with Crippen molar-refractivity contribution >= 4 is 15.7 Å². The summed E-state index contributed by atoms with van der Waals surface area (Å²) in [5.41, 5.74) is 5.29. The molecule has 5 nitrogen and oxygen atoms in total. The molecule has 21 heavy (non-hydrogen) atoms. The first-order valence-electron chi connectivity index (χ1n) is 6.89. The second-order valence-electron chi connectivity index (χ2n) is 5.58. The first kappa shape index (κ1) is 14.7. The van der Waals surface area contributed by atoms with Gasteiger partial charge in [0.1, 0.15) is 4.90 Å². The van der Waals surface area contributed by atoms with Crippen LogP contribution < -0.4 is 10.5 Å². The topological polar surface area (TPSA) is 75.4 Å². The van der Waals surface area contributed by atoms with Gasteiger partial charge in [0.05, 0.1) is 0 Å². The lowest BCUT2D eigenvalue weighted by molar-refractivity contribution is 0.308. The standard InChI is InChI=1S/C13H17F2N3O2S/c14-9-6-8(16)7-12(13(9)15)21(19,20)17-10-3-5-18-4-1-2-11(10)18/h6-7,10-11,17H,1-5,16H2. The molecule has 2 aliphatic rings. The van der Waals surface area contributed by atoms with E-state index in [0.717, 1.165) is 38.1 Å². The molecule has 2 heterocycles. The summed E-state index contributed by atoms with van der Waals surface area (Å²) in [6.07, 6.45) is 2.63. The Bertz CT molecular complexity index is 666. The van der Waals surface area contributed by atoms with E-state index in [0.29, 0.717) is 6.42 Å². The number of fused-ring (bicyclic) bond motifs is 1. The van der Waals surface area contributed by atoms with Crippen molar-refractivity contribution in [3.8, 4) is 0 Å². The third kappa shape index (κ3) is 2.63. The van der Waals surface area contributed by atoms with Gasteiger partial charge in [0, 0.05) is 24.3 Å². The molecule has 3 rings (SSSR count). The highest BCUT2D eigenvalue weighted by Crippen LogP contribution is 2.29. The molecule has 0 aromatic heterocycles. The zero-order chi connectivity index (χ0) is 15.2. The summed E-state index contributed by atoms with van der Waals surface area (Å²) in [5.74, 6) is -2.65. The predicted molar refractivity (Wildman–Crippen MR) is 74.1 cm³/mol. The van der Waals surface area contributed by atoms with Crippen molar-refractivity contribution in [1.29, 1.82) is 0 Å². The normalized spacial score (nSPS) is 26.2. The molecule has 3 N–H and O–H groups in total. The van der Waals surface area contributed by atoms with Crippen LogP contribution in [0.3, 0.4) is 0 Å². The highest BCUT2D eigenvalue weighted by molar-refractivity contribution is 7.89. The smallest absolute Gasteiger partial charge is 0.243 e. The van der Waals surface area contributed by atoms with Gasteiger partial charge in [-0.2, -0.15) is 0 Å². The minimum Gasteiger partial charge on any atom is -0.399 e. The van der Waals surface area contributed by atoms with Crippen molar-refractivity contribution in [1.82, 2.24) is 9.62 Å². The molecule has 2 fully saturated rings. The largest absolute Gasteiger partial charge is 0.399 e.